The summed E-state index contributed by atoms with van der Waals surface area (Å²) in [6, 6.07) is 16.2. The van der Waals surface area contributed by atoms with Gasteiger partial charge in [-0.3, -0.25) is 4.79 Å². The Labute approximate surface area is 175 Å². The number of carbonyl (C=O) groups is 1. The van der Waals surface area contributed by atoms with E-state index >= 15 is 0 Å². The molecule has 2 aromatic carbocycles. The number of rotatable bonds is 7. The van der Waals surface area contributed by atoms with Crippen LogP contribution in [0.3, 0.4) is 0 Å². The minimum Gasteiger partial charge on any atom is -0.494 e. The van der Waals surface area contributed by atoms with Crippen molar-refractivity contribution in [1.29, 1.82) is 0 Å². The molecule has 1 heterocycles. The smallest absolute Gasteiger partial charge is 0.319 e. The zero-order valence-corrected chi connectivity index (χ0v) is 17.4. The van der Waals surface area contributed by atoms with E-state index in [0.717, 1.165) is 28.1 Å². The van der Waals surface area contributed by atoms with Crippen molar-refractivity contribution < 1.29 is 9.53 Å². The van der Waals surface area contributed by atoms with E-state index in [0.29, 0.717) is 12.3 Å². The summed E-state index contributed by atoms with van der Waals surface area (Å²) in [5.74, 6) is 0.786. The predicted octanol–water partition coefficient (Wildman–Crippen LogP) is 3.75. The average molecular weight is 406 g/mol. The van der Waals surface area contributed by atoms with Gasteiger partial charge in [0, 0.05) is 23.9 Å². The molecule has 0 radical (unpaired) electrons. The zero-order valence-electron chi connectivity index (χ0n) is 17.4. The third-order valence-corrected chi connectivity index (χ3v) is 4.57. The minimum absolute atomic E-state index is 0.221. The Kier molecular flexibility index (Phi) is 6.85. The van der Waals surface area contributed by atoms with Gasteiger partial charge in [0.25, 0.3) is 5.56 Å². The maximum atomic E-state index is 12.2. The minimum atomic E-state index is -0.322. The van der Waals surface area contributed by atoms with Gasteiger partial charge in [-0.2, -0.15) is 5.10 Å². The SMILES string of the molecule is CCOc1ccc(-c2ccc(=O)n(CCNC(=O)Nc3ccc(C)cc3C)n2)cc1. The van der Waals surface area contributed by atoms with E-state index in [9.17, 15) is 9.59 Å². The van der Waals surface area contributed by atoms with E-state index in [1.54, 1.807) is 6.07 Å². The molecule has 2 amide bonds. The molecular weight excluding hydrogens is 380 g/mol. The lowest BCUT2D eigenvalue weighted by atomic mass is 10.1. The van der Waals surface area contributed by atoms with E-state index in [2.05, 4.69) is 15.7 Å². The highest BCUT2D eigenvalue weighted by molar-refractivity contribution is 5.90. The van der Waals surface area contributed by atoms with Crippen LogP contribution in [-0.2, 0) is 6.54 Å². The van der Waals surface area contributed by atoms with Crippen LogP contribution in [0.2, 0.25) is 0 Å². The molecule has 0 unspecified atom stereocenters. The first kappa shape index (κ1) is 21.1. The van der Waals surface area contributed by atoms with Gasteiger partial charge in [0.15, 0.2) is 0 Å². The number of amides is 2. The Hall–Kier alpha value is -3.61. The summed E-state index contributed by atoms with van der Waals surface area (Å²) in [6.07, 6.45) is 0. The van der Waals surface area contributed by atoms with E-state index in [1.807, 2.05) is 63.2 Å². The second kappa shape index (κ2) is 9.73. The van der Waals surface area contributed by atoms with Crippen LogP contribution in [0, 0.1) is 13.8 Å². The van der Waals surface area contributed by atoms with Crippen molar-refractivity contribution in [3.8, 4) is 17.0 Å². The van der Waals surface area contributed by atoms with Crippen molar-refractivity contribution >= 4 is 11.7 Å². The molecular formula is C23H26N4O3. The van der Waals surface area contributed by atoms with Gasteiger partial charge in [-0.1, -0.05) is 17.7 Å². The number of aromatic nitrogens is 2. The number of nitrogens with one attached hydrogen (secondary N) is 2. The first-order chi connectivity index (χ1) is 14.5. The molecule has 0 spiro atoms. The number of hydrogen-bond acceptors (Lipinski definition) is 4. The highest BCUT2D eigenvalue weighted by atomic mass is 16.5. The number of urea groups is 1. The van der Waals surface area contributed by atoms with Crippen LogP contribution in [0.1, 0.15) is 18.1 Å². The average Bonchev–Trinajstić information content (AvgIpc) is 2.72. The standard InChI is InChI=1S/C23H26N4O3/c1-4-30-19-8-6-18(7-9-19)21-11-12-22(28)27(26-21)14-13-24-23(29)25-20-10-5-16(2)15-17(20)3/h5-12,15H,4,13-14H2,1-3H3,(H2,24,25,29). The number of benzene rings is 2. The highest BCUT2D eigenvalue weighted by Crippen LogP contribution is 2.20. The highest BCUT2D eigenvalue weighted by Gasteiger charge is 2.07. The molecule has 3 aromatic rings. The summed E-state index contributed by atoms with van der Waals surface area (Å²) in [7, 11) is 0. The second-order valence-corrected chi connectivity index (χ2v) is 6.94. The molecule has 30 heavy (non-hydrogen) atoms. The van der Waals surface area contributed by atoms with Gasteiger partial charge in [-0.25, -0.2) is 9.48 Å². The molecule has 2 N–H and O–H groups in total. The van der Waals surface area contributed by atoms with Gasteiger partial charge < -0.3 is 15.4 Å². The quantitative estimate of drug-likeness (QED) is 0.626. The summed E-state index contributed by atoms with van der Waals surface area (Å²) in [4.78, 5) is 24.3. The maximum Gasteiger partial charge on any atom is 0.319 e. The first-order valence-electron chi connectivity index (χ1n) is 9.90. The lowest BCUT2D eigenvalue weighted by Gasteiger charge is -2.11. The molecule has 156 valence electrons. The molecule has 0 fully saturated rings. The fourth-order valence-electron chi connectivity index (χ4n) is 3.05. The van der Waals surface area contributed by atoms with Crippen LogP contribution in [0.25, 0.3) is 11.3 Å². The Bertz CT molecular complexity index is 1070. The van der Waals surface area contributed by atoms with Crippen molar-refractivity contribution in [2.45, 2.75) is 27.3 Å². The normalized spacial score (nSPS) is 10.5. The summed E-state index contributed by atoms with van der Waals surface area (Å²) in [5.41, 5.74) is 4.22. The molecule has 7 nitrogen and oxygen atoms in total. The van der Waals surface area contributed by atoms with Crippen molar-refractivity contribution in [2.24, 2.45) is 0 Å². The van der Waals surface area contributed by atoms with Gasteiger partial charge in [0.1, 0.15) is 5.75 Å². The summed E-state index contributed by atoms with van der Waals surface area (Å²) < 4.78 is 6.80. The van der Waals surface area contributed by atoms with Crippen LogP contribution >= 0.6 is 0 Å². The topological polar surface area (TPSA) is 85.2 Å². The predicted molar refractivity (Wildman–Crippen MR) is 118 cm³/mol. The number of hydrogen-bond donors (Lipinski definition) is 2. The summed E-state index contributed by atoms with van der Waals surface area (Å²) in [6.45, 7) is 7.02. The zero-order chi connectivity index (χ0) is 21.5. The molecule has 0 aliphatic heterocycles. The molecule has 1 aromatic heterocycles. The number of nitrogens with zero attached hydrogens (tertiary/aromatic N) is 2. The largest absolute Gasteiger partial charge is 0.494 e. The van der Waals surface area contributed by atoms with Crippen LogP contribution in [-0.4, -0.2) is 29.0 Å². The van der Waals surface area contributed by atoms with E-state index in [4.69, 9.17) is 4.74 Å². The van der Waals surface area contributed by atoms with Crippen molar-refractivity contribution in [2.75, 3.05) is 18.5 Å². The third-order valence-electron chi connectivity index (χ3n) is 4.57. The number of anilines is 1. The van der Waals surface area contributed by atoms with E-state index < -0.39 is 0 Å². The van der Waals surface area contributed by atoms with Gasteiger partial charge in [0.2, 0.25) is 0 Å². The van der Waals surface area contributed by atoms with Crippen LogP contribution in [0.15, 0.2) is 59.4 Å². The van der Waals surface area contributed by atoms with Gasteiger partial charge in [-0.15, -0.1) is 0 Å². The molecule has 7 heteroatoms. The molecule has 3 rings (SSSR count). The van der Waals surface area contributed by atoms with Crippen LogP contribution in [0.4, 0.5) is 10.5 Å². The van der Waals surface area contributed by atoms with E-state index in [-0.39, 0.29) is 24.7 Å². The number of ether oxygens (including phenoxy) is 1. The molecule has 0 bridgehead atoms. The van der Waals surface area contributed by atoms with Crippen molar-refractivity contribution in [1.82, 2.24) is 15.1 Å². The van der Waals surface area contributed by atoms with Gasteiger partial charge in [0.05, 0.1) is 18.8 Å². The van der Waals surface area contributed by atoms with Crippen LogP contribution in [0.5, 0.6) is 5.75 Å². The molecule has 0 saturated heterocycles. The molecule has 0 aliphatic rings. The first-order valence-corrected chi connectivity index (χ1v) is 9.90. The lowest BCUT2D eigenvalue weighted by molar-refractivity contribution is 0.251. The van der Waals surface area contributed by atoms with Crippen molar-refractivity contribution in [3.63, 3.8) is 0 Å². The summed E-state index contributed by atoms with van der Waals surface area (Å²) >= 11 is 0. The Morgan fingerprint density at radius 1 is 1.07 bits per heavy atom. The summed E-state index contributed by atoms with van der Waals surface area (Å²) in [5, 5.41) is 10.00. The monoisotopic (exact) mass is 406 g/mol. The Morgan fingerprint density at radius 2 is 1.83 bits per heavy atom. The Morgan fingerprint density at radius 3 is 2.53 bits per heavy atom. The third kappa shape index (κ3) is 5.47. The van der Waals surface area contributed by atoms with E-state index in [1.165, 1.54) is 10.7 Å². The number of carbonyl (C=O) groups excluding carboxylic acids is 1. The fraction of sp³-hybridized carbons (Fsp3) is 0.261. The Balaban J connectivity index is 1.60. The maximum absolute atomic E-state index is 12.2. The van der Waals surface area contributed by atoms with Gasteiger partial charge >= 0.3 is 6.03 Å². The fourth-order valence-corrected chi connectivity index (χ4v) is 3.05. The number of aryl methyl sites for hydroxylation is 2. The van der Waals surface area contributed by atoms with Crippen LogP contribution < -0.4 is 20.9 Å². The second-order valence-electron chi connectivity index (χ2n) is 6.94. The molecule has 0 atom stereocenters. The lowest BCUT2D eigenvalue weighted by Crippen LogP contribution is -2.34. The molecule has 0 saturated carbocycles. The molecule has 0 aliphatic carbocycles. The van der Waals surface area contributed by atoms with Gasteiger partial charge in [-0.05, 0) is 62.7 Å². The van der Waals surface area contributed by atoms with Crippen molar-refractivity contribution in [3.05, 3.63) is 76.1 Å².